The Bertz CT molecular complexity index is 1490. The van der Waals surface area contributed by atoms with E-state index in [1.54, 1.807) is 62.4 Å². The molecular weight excluding hydrogens is 585 g/mol. The molecule has 12 heteroatoms. The van der Waals surface area contributed by atoms with E-state index >= 15 is 0 Å². The van der Waals surface area contributed by atoms with Crippen LogP contribution in [0, 0.1) is 5.92 Å². The van der Waals surface area contributed by atoms with Gasteiger partial charge in [-0.15, -0.1) is 0 Å². The lowest BCUT2D eigenvalue weighted by atomic mass is 9.92. The number of carbonyl (C=O) groups excluding carboxylic acids is 1. The fourth-order valence-electron chi connectivity index (χ4n) is 5.25. The van der Waals surface area contributed by atoms with E-state index in [-0.39, 0.29) is 12.0 Å². The van der Waals surface area contributed by atoms with Crippen LogP contribution < -0.4 is 0 Å². The predicted octanol–water partition coefficient (Wildman–Crippen LogP) is 6.68. The van der Waals surface area contributed by atoms with Crippen LogP contribution in [0.15, 0.2) is 78.9 Å². The Labute approximate surface area is 240 Å². The van der Waals surface area contributed by atoms with Gasteiger partial charge >= 0.3 is 21.6 Å². The second-order valence-corrected chi connectivity index (χ2v) is 12.3. The van der Waals surface area contributed by atoms with Gasteiger partial charge in [-0.2, -0.15) is 21.6 Å². The Morgan fingerprint density at radius 3 is 2.12 bits per heavy atom. The molecule has 1 heterocycles. The number of esters is 1. The van der Waals surface area contributed by atoms with E-state index in [0.29, 0.717) is 10.6 Å². The maximum atomic E-state index is 13.4. The van der Waals surface area contributed by atoms with Crippen molar-refractivity contribution in [3.05, 3.63) is 95.0 Å². The summed E-state index contributed by atoms with van der Waals surface area (Å²) in [5.41, 5.74) is -3.04. The summed E-state index contributed by atoms with van der Waals surface area (Å²) in [6.07, 6.45) is -4.94. The lowest BCUT2D eigenvalue weighted by Gasteiger charge is -2.29. The van der Waals surface area contributed by atoms with Gasteiger partial charge in [0.15, 0.2) is 5.79 Å². The molecule has 1 aliphatic heterocycles. The fraction of sp³-hybridized carbons (Fsp3) is 0.345. The average Bonchev–Trinajstić information content (AvgIpc) is 3.40. The minimum atomic E-state index is -5.93. The number of hydrogen-bond donors (Lipinski definition) is 0. The molecule has 1 saturated carbocycles. The van der Waals surface area contributed by atoms with Gasteiger partial charge in [0.1, 0.15) is 18.3 Å². The molecule has 3 aromatic carbocycles. The first-order valence-corrected chi connectivity index (χ1v) is 14.5. The molecule has 218 valence electrons. The molecule has 1 saturated heterocycles. The number of halogens is 4. The molecular formula is C29H26ClF3O7S. The highest BCUT2D eigenvalue weighted by atomic mass is 35.5. The first kappa shape index (κ1) is 29.5. The molecule has 0 bridgehead atoms. The number of benzene rings is 3. The summed E-state index contributed by atoms with van der Waals surface area (Å²) in [6.45, 7) is 3.10. The van der Waals surface area contributed by atoms with Crippen molar-refractivity contribution in [3.8, 4) is 11.1 Å². The lowest BCUT2D eigenvalue weighted by Crippen LogP contribution is -2.36. The molecule has 2 unspecified atom stereocenters. The van der Waals surface area contributed by atoms with Crippen molar-refractivity contribution in [1.29, 1.82) is 0 Å². The SMILES string of the molecule is CC1(C)O[C@@H]2[C@@H](C(OC(=O)c3ccc(-c4ccccc4)cc3)c3ccc(Cl)cc3)CC(OS(=O)(=O)C(F)(F)F)[C@@H]2O1. The first-order chi connectivity index (χ1) is 19.2. The fourth-order valence-corrected chi connectivity index (χ4v) is 6.00. The first-order valence-electron chi connectivity index (χ1n) is 12.7. The van der Waals surface area contributed by atoms with Crippen molar-refractivity contribution in [2.45, 2.75) is 56.0 Å². The Balaban J connectivity index is 1.45. The van der Waals surface area contributed by atoms with Gasteiger partial charge in [-0.1, -0.05) is 66.2 Å². The van der Waals surface area contributed by atoms with E-state index in [0.717, 1.165) is 11.1 Å². The van der Waals surface area contributed by atoms with Gasteiger partial charge in [0, 0.05) is 10.9 Å². The second-order valence-electron chi connectivity index (χ2n) is 10.3. The van der Waals surface area contributed by atoms with Crippen LogP contribution in [0.25, 0.3) is 11.1 Å². The van der Waals surface area contributed by atoms with Crippen LogP contribution in [-0.2, 0) is 28.5 Å². The monoisotopic (exact) mass is 610 g/mol. The Morgan fingerprint density at radius 1 is 0.927 bits per heavy atom. The summed E-state index contributed by atoms with van der Waals surface area (Å²) in [7, 11) is -5.93. The number of hydrogen-bond acceptors (Lipinski definition) is 7. The van der Waals surface area contributed by atoms with Crippen LogP contribution in [-0.4, -0.2) is 44.0 Å². The van der Waals surface area contributed by atoms with E-state index in [1.165, 1.54) is 0 Å². The molecule has 0 N–H and O–H groups in total. The molecule has 0 amide bonds. The molecule has 41 heavy (non-hydrogen) atoms. The van der Waals surface area contributed by atoms with E-state index < -0.39 is 57.7 Å². The summed E-state index contributed by atoms with van der Waals surface area (Å²) < 4.78 is 85.7. The highest BCUT2D eigenvalue weighted by Crippen LogP contribution is 2.49. The topological polar surface area (TPSA) is 88.1 Å². The van der Waals surface area contributed by atoms with Crippen molar-refractivity contribution < 1.29 is 44.8 Å². The maximum Gasteiger partial charge on any atom is 0.523 e. The van der Waals surface area contributed by atoms with Crippen LogP contribution in [0.3, 0.4) is 0 Å². The summed E-state index contributed by atoms with van der Waals surface area (Å²) >= 11 is 6.06. The number of ether oxygens (including phenoxy) is 3. The minimum Gasteiger partial charge on any atom is -0.453 e. The summed E-state index contributed by atoms with van der Waals surface area (Å²) in [5, 5.41) is 0.415. The maximum absolute atomic E-state index is 13.4. The smallest absolute Gasteiger partial charge is 0.453 e. The van der Waals surface area contributed by atoms with E-state index in [1.807, 2.05) is 30.3 Å². The summed E-state index contributed by atoms with van der Waals surface area (Å²) in [5.74, 6) is -2.75. The zero-order chi connectivity index (χ0) is 29.6. The normalized spacial score (nSPS) is 24.5. The van der Waals surface area contributed by atoms with Crippen LogP contribution in [0.2, 0.25) is 5.02 Å². The highest BCUT2D eigenvalue weighted by Gasteiger charge is 2.60. The molecule has 5 atom stereocenters. The van der Waals surface area contributed by atoms with E-state index in [2.05, 4.69) is 4.18 Å². The predicted molar refractivity (Wildman–Crippen MR) is 143 cm³/mol. The largest absolute Gasteiger partial charge is 0.523 e. The zero-order valence-corrected chi connectivity index (χ0v) is 23.4. The molecule has 1 aliphatic carbocycles. The van der Waals surface area contributed by atoms with Crippen LogP contribution >= 0.6 is 11.6 Å². The zero-order valence-electron chi connectivity index (χ0n) is 21.9. The Morgan fingerprint density at radius 2 is 1.51 bits per heavy atom. The van der Waals surface area contributed by atoms with E-state index in [4.69, 9.17) is 25.8 Å². The van der Waals surface area contributed by atoms with Crippen molar-refractivity contribution in [1.82, 2.24) is 0 Å². The molecule has 3 aromatic rings. The highest BCUT2D eigenvalue weighted by molar-refractivity contribution is 7.87. The molecule has 2 aliphatic rings. The van der Waals surface area contributed by atoms with Crippen molar-refractivity contribution in [3.63, 3.8) is 0 Å². The van der Waals surface area contributed by atoms with Gasteiger partial charge in [-0.05, 0) is 61.2 Å². The standard InChI is InChI=1S/C29H26ClF3O7S/c1-28(2)38-25-22(16-23(26(25)39-28)40-41(35,36)29(31,32)33)24(19-12-14-21(30)15-13-19)37-27(34)20-10-8-18(9-11-20)17-6-4-3-5-7-17/h3-15,22-26H,16H2,1-2H3/t22-,23?,24?,25-,26+/m1/s1. The Kier molecular flexibility index (Phi) is 7.95. The molecule has 0 aromatic heterocycles. The van der Waals surface area contributed by atoms with Crippen LogP contribution in [0.5, 0.6) is 0 Å². The van der Waals surface area contributed by atoms with Gasteiger partial charge in [-0.25, -0.2) is 4.79 Å². The van der Waals surface area contributed by atoms with Gasteiger partial charge < -0.3 is 14.2 Å². The average molecular weight is 611 g/mol. The number of carbonyl (C=O) groups is 1. The van der Waals surface area contributed by atoms with Crippen molar-refractivity contribution >= 4 is 27.7 Å². The number of fused-ring (bicyclic) bond motifs is 1. The third kappa shape index (κ3) is 6.29. The van der Waals surface area contributed by atoms with Crippen LogP contribution in [0.1, 0.15) is 42.3 Å². The van der Waals surface area contributed by atoms with Gasteiger partial charge in [0.25, 0.3) is 0 Å². The second kappa shape index (κ2) is 11.0. The molecule has 2 fully saturated rings. The molecule has 0 radical (unpaired) electrons. The molecule has 7 nitrogen and oxygen atoms in total. The Hall–Kier alpha value is -2.96. The van der Waals surface area contributed by atoms with Crippen molar-refractivity contribution in [2.24, 2.45) is 5.92 Å². The van der Waals surface area contributed by atoms with Gasteiger partial charge in [0.2, 0.25) is 0 Å². The van der Waals surface area contributed by atoms with Gasteiger partial charge in [0.05, 0.1) is 11.7 Å². The third-order valence-electron chi connectivity index (χ3n) is 7.04. The number of alkyl halides is 3. The summed E-state index contributed by atoms with van der Waals surface area (Å²) in [6, 6.07) is 22.7. The van der Waals surface area contributed by atoms with Gasteiger partial charge in [-0.3, -0.25) is 4.18 Å². The van der Waals surface area contributed by atoms with Crippen LogP contribution in [0.4, 0.5) is 13.2 Å². The molecule has 0 spiro atoms. The minimum absolute atomic E-state index is 0.245. The molecule has 5 rings (SSSR count). The third-order valence-corrected chi connectivity index (χ3v) is 8.36. The van der Waals surface area contributed by atoms with E-state index in [9.17, 15) is 26.4 Å². The quantitative estimate of drug-likeness (QED) is 0.167. The summed E-state index contributed by atoms with van der Waals surface area (Å²) in [4.78, 5) is 13.4. The van der Waals surface area contributed by atoms with Crippen molar-refractivity contribution in [2.75, 3.05) is 0 Å². The lowest BCUT2D eigenvalue weighted by molar-refractivity contribution is -0.170. The number of rotatable bonds is 7.